The first-order valence-electron chi connectivity index (χ1n) is 4.45. The van der Waals surface area contributed by atoms with E-state index in [2.05, 4.69) is 11.4 Å². The number of thioether (sulfide) groups is 1. The first-order valence-corrected chi connectivity index (χ1v) is 5.44. The van der Waals surface area contributed by atoms with E-state index in [9.17, 15) is 0 Å². The van der Waals surface area contributed by atoms with E-state index in [1.807, 2.05) is 23.9 Å². The summed E-state index contributed by atoms with van der Waals surface area (Å²) in [6.45, 7) is 1.04. The van der Waals surface area contributed by atoms with Gasteiger partial charge in [0, 0.05) is 11.4 Å². The second-order valence-corrected chi connectivity index (χ2v) is 4.10. The van der Waals surface area contributed by atoms with E-state index in [0.717, 1.165) is 18.0 Å². The molecule has 0 radical (unpaired) electrons. The van der Waals surface area contributed by atoms with Crippen LogP contribution in [0.5, 0.6) is 5.75 Å². The normalized spacial score (nSPS) is 15.5. The lowest BCUT2D eigenvalue weighted by atomic mass is 10.3. The highest BCUT2D eigenvalue weighted by atomic mass is 32.2. The summed E-state index contributed by atoms with van der Waals surface area (Å²) in [6.07, 6.45) is 1.21. The summed E-state index contributed by atoms with van der Waals surface area (Å²) in [5, 5.41) is 3.40. The minimum atomic E-state index is 0.951. The number of hydrogen-bond acceptors (Lipinski definition) is 3. The van der Waals surface area contributed by atoms with Gasteiger partial charge in [-0.25, -0.2) is 0 Å². The van der Waals surface area contributed by atoms with E-state index < -0.39 is 0 Å². The van der Waals surface area contributed by atoms with E-state index in [4.69, 9.17) is 4.74 Å². The third-order valence-electron chi connectivity index (χ3n) is 2.09. The largest absolute Gasteiger partial charge is 0.495 e. The summed E-state index contributed by atoms with van der Waals surface area (Å²) in [5.74, 6) is 2.14. The summed E-state index contributed by atoms with van der Waals surface area (Å²) in [5.41, 5.74) is 1.16. The van der Waals surface area contributed by atoms with Crippen molar-refractivity contribution in [1.82, 2.24) is 0 Å². The van der Waals surface area contributed by atoms with Crippen molar-refractivity contribution in [1.29, 1.82) is 0 Å². The minimum Gasteiger partial charge on any atom is -0.495 e. The fourth-order valence-electron chi connectivity index (χ4n) is 1.44. The van der Waals surface area contributed by atoms with Crippen molar-refractivity contribution in [2.45, 2.75) is 11.3 Å². The van der Waals surface area contributed by atoms with Crippen LogP contribution in [0.15, 0.2) is 23.1 Å². The van der Waals surface area contributed by atoms with Crippen LogP contribution < -0.4 is 10.1 Å². The lowest BCUT2D eigenvalue weighted by Crippen LogP contribution is -2.01. The summed E-state index contributed by atoms with van der Waals surface area (Å²) >= 11 is 1.90. The fraction of sp³-hybridized carbons (Fsp3) is 0.400. The fourth-order valence-corrected chi connectivity index (χ4v) is 2.44. The average molecular weight is 195 g/mol. The molecule has 1 N–H and O–H groups in total. The van der Waals surface area contributed by atoms with Gasteiger partial charge in [-0.15, -0.1) is 11.8 Å². The van der Waals surface area contributed by atoms with Crippen LogP contribution in [0.25, 0.3) is 0 Å². The van der Waals surface area contributed by atoms with Crippen LogP contribution in [0.2, 0.25) is 0 Å². The Morgan fingerprint density at radius 1 is 1.46 bits per heavy atom. The highest BCUT2D eigenvalue weighted by Crippen LogP contribution is 2.36. The van der Waals surface area contributed by atoms with E-state index in [1.165, 1.54) is 17.1 Å². The Hall–Kier alpha value is -0.830. The van der Waals surface area contributed by atoms with Gasteiger partial charge in [-0.2, -0.15) is 0 Å². The number of rotatable bonds is 1. The van der Waals surface area contributed by atoms with Gasteiger partial charge in [-0.05, 0) is 24.3 Å². The molecule has 0 aromatic heterocycles. The van der Waals surface area contributed by atoms with Crippen LogP contribution in [0.1, 0.15) is 6.42 Å². The molecular weight excluding hydrogens is 182 g/mol. The Balaban J connectivity index is 2.40. The SMILES string of the molecule is COc1cccc2c1NCCCS2. The van der Waals surface area contributed by atoms with E-state index >= 15 is 0 Å². The molecule has 0 bridgehead atoms. The van der Waals surface area contributed by atoms with E-state index in [0.29, 0.717) is 0 Å². The van der Waals surface area contributed by atoms with Gasteiger partial charge in [0.05, 0.1) is 12.8 Å². The zero-order valence-electron chi connectivity index (χ0n) is 7.67. The summed E-state index contributed by atoms with van der Waals surface area (Å²) in [4.78, 5) is 1.30. The molecule has 0 saturated heterocycles. The Bertz CT molecular complexity index is 301. The number of hydrogen-bond donors (Lipinski definition) is 1. The van der Waals surface area contributed by atoms with Gasteiger partial charge in [-0.3, -0.25) is 0 Å². The third-order valence-corrected chi connectivity index (χ3v) is 3.23. The standard InChI is InChI=1S/C10H13NOS/c1-12-8-4-2-5-9-10(8)11-6-3-7-13-9/h2,4-5,11H,3,6-7H2,1H3. The van der Waals surface area contributed by atoms with Crippen LogP contribution in [-0.4, -0.2) is 19.4 Å². The molecule has 0 fully saturated rings. The molecule has 0 saturated carbocycles. The quantitative estimate of drug-likeness (QED) is 0.744. The minimum absolute atomic E-state index is 0.951. The Labute approximate surface area is 82.7 Å². The van der Waals surface area contributed by atoms with Gasteiger partial charge in [0.25, 0.3) is 0 Å². The summed E-state index contributed by atoms with van der Waals surface area (Å²) in [6, 6.07) is 6.18. The molecular formula is C10H13NOS. The zero-order chi connectivity index (χ0) is 9.10. The number of fused-ring (bicyclic) bond motifs is 1. The van der Waals surface area contributed by atoms with Gasteiger partial charge in [-0.1, -0.05) is 6.07 Å². The lowest BCUT2D eigenvalue weighted by Gasteiger charge is -2.11. The highest BCUT2D eigenvalue weighted by Gasteiger charge is 2.11. The molecule has 3 heteroatoms. The van der Waals surface area contributed by atoms with Crippen molar-refractivity contribution >= 4 is 17.4 Å². The topological polar surface area (TPSA) is 21.3 Å². The molecule has 0 unspecified atom stereocenters. The zero-order valence-corrected chi connectivity index (χ0v) is 8.49. The number of methoxy groups -OCH3 is 1. The molecule has 1 aliphatic rings. The molecule has 0 amide bonds. The van der Waals surface area contributed by atoms with Crippen molar-refractivity contribution in [3.8, 4) is 5.75 Å². The number of anilines is 1. The smallest absolute Gasteiger partial charge is 0.143 e. The van der Waals surface area contributed by atoms with Gasteiger partial charge in [0.1, 0.15) is 5.75 Å². The number of ether oxygens (including phenoxy) is 1. The van der Waals surface area contributed by atoms with Crippen molar-refractivity contribution in [2.24, 2.45) is 0 Å². The summed E-state index contributed by atoms with van der Waals surface area (Å²) < 4.78 is 5.29. The predicted molar refractivity (Wildman–Crippen MR) is 56.8 cm³/mol. The average Bonchev–Trinajstić information content (AvgIpc) is 2.41. The second-order valence-electron chi connectivity index (χ2n) is 2.96. The van der Waals surface area contributed by atoms with Crippen LogP contribution >= 0.6 is 11.8 Å². The number of para-hydroxylation sites is 1. The first kappa shape index (κ1) is 8.75. The number of benzene rings is 1. The Morgan fingerprint density at radius 3 is 3.23 bits per heavy atom. The van der Waals surface area contributed by atoms with Gasteiger partial charge in [0.15, 0.2) is 0 Å². The van der Waals surface area contributed by atoms with Crippen molar-refractivity contribution in [2.75, 3.05) is 24.7 Å². The number of nitrogens with one attached hydrogen (secondary N) is 1. The molecule has 70 valence electrons. The monoisotopic (exact) mass is 195 g/mol. The van der Waals surface area contributed by atoms with Crippen molar-refractivity contribution in [3.05, 3.63) is 18.2 Å². The first-order chi connectivity index (χ1) is 6.42. The van der Waals surface area contributed by atoms with E-state index in [1.54, 1.807) is 7.11 Å². The molecule has 2 nitrogen and oxygen atoms in total. The Kier molecular flexibility index (Phi) is 2.64. The molecule has 0 atom stereocenters. The van der Waals surface area contributed by atoms with Gasteiger partial charge >= 0.3 is 0 Å². The van der Waals surface area contributed by atoms with Crippen molar-refractivity contribution in [3.63, 3.8) is 0 Å². The predicted octanol–water partition coefficient (Wildman–Crippen LogP) is 2.60. The molecule has 0 spiro atoms. The van der Waals surface area contributed by atoms with E-state index in [-0.39, 0.29) is 0 Å². The second kappa shape index (κ2) is 3.92. The molecule has 2 rings (SSSR count). The maximum atomic E-state index is 5.29. The molecule has 1 aliphatic heterocycles. The van der Waals surface area contributed by atoms with Crippen LogP contribution in [0, 0.1) is 0 Å². The highest BCUT2D eigenvalue weighted by molar-refractivity contribution is 7.99. The molecule has 1 aromatic rings. The molecule has 1 aromatic carbocycles. The van der Waals surface area contributed by atoms with Gasteiger partial charge < -0.3 is 10.1 Å². The molecule has 1 heterocycles. The lowest BCUT2D eigenvalue weighted by molar-refractivity contribution is 0.415. The molecule has 0 aliphatic carbocycles. The third kappa shape index (κ3) is 1.75. The van der Waals surface area contributed by atoms with Crippen molar-refractivity contribution < 1.29 is 4.74 Å². The summed E-state index contributed by atoms with van der Waals surface area (Å²) in [7, 11) is 1.72. The van der Waals surface area contributed by atoms with Crippen LogP contribution in [0.3, 0.4) is 0 Å². The maximum absolute atomic E-state index is 5.29. The molecule has 13 heavy (non-hydrogen) atoms. The van der Waals surface area contributed by atoms with Crippen LogP contribution in [0.4, 0.5) is 5.69 Å². The van der Waals surface area contributed by atoms with Crippen LogP contribution in [-0.2, 0) is 0 Å². The Morgan fingerprint density at radius 2 is 2.38 bits per heavy atom. The maximum Gasteiger partial charge on any atom is 0.143 e. The van der Waals surface area contributed by atoms with Gasteiger partial charge in [0.2, 0.25) is 0 Å².